The number of carbonyl (C=O) groups is 1. The van der Waals surface area contributed by atoms with Gasteiger partial charge < -0.3 is 14.5 Å². The summed E-state index contributed by atoms with van der Waals surface area (Å²) in [6.45, 7) is 1.92. The molecule has 0 atom stereocenters. The van der Waals surface area contributed by atoms with E-state index in [1.807, 2.05) is 25.1 Å². The number of aromatic amines is 1. The second-order valence-corrected chi connectivity index (χ2v) is 4.47. The molecule has 5 nitrogen and oxygen atoms in total. The molecule has 0 fully saturated rings. The van der Waals surface area contributed by atoms with Gasteiger partial charge in [-0.1, -0.05) is 0 Å². The topological polar surface area (TPSA) is 79.1 Å². The number of carboxylic acid groups (broad SMARTS) is 1. The Morgan fingerprint density at radius 3 is 2.95 bits per heavy atom. The maximum absolute atomic E-state index is 10.9. The van der Waals surface area contributed by atoms with E-state index in [9.17, 15) is 4.79 Å². The zero-order valence-corrected chi connectivity index (χ0v) is 10.8. The molecule has 5 heteroatoms. The fourth-order valence-corrected chi connectivity index (χ4v) is 1.98. The quantitative estimate of drug-likeness (QED) is 0.762. The summed E-state index contributed by atoms with van der Waals surface area (Å²) in [6.07, 6.45) is 3.48. The van der Waals surface area contributed by atoms with Gasteiger partial charge in [0.15, 0.2) is 0 Å². The fourth-order valence-electron chi connectivity index (χ4n) is 1.98. The van der Waals surface area contributed by atoms with Gasteiger partial charge in [-0.05, 0) is 48.9 Å². The number of allylic oxidation sites excluding steroid dienone is 1. The van der Waals surface area contributed by atoms with Crippen LogP contribution in [0.2, 0.25) is 0 Å². The molecule has 3 rings (SSSR count). The molecule has 0 aliphatic heterocycles. The predicted molar refractivity (Wildman–Crippen MR) is 75.3 cm³/mol. The number of carboxylic acids is 1. The van der Waals surface area contributed by atoms with E-state index >= 15 is 0 Å². The number of aromatic nitrogens is 2. The minimum Gasteiger partial charge on any atom is -0.478 e. The van der Waals surface area contributed by atoms with Crippen LogP contribution in [0.5, 0.6) is 0 Å². The SMILES string of the molecule is C/C(=C\c1ccco1)c1nc2ccc(C(=O)O)cc2[nH]1. The molecule has 0 unspecified atom stereocenters. The first-order valence-electron chi connectivity index (χ1n) is 6.09. The van der Waals surface area contributed by atoms with Gasteiger partial charge in [0.1, 0.15) is 11.6 Å². The van der Waals surface area contributed by atoms with Crippen LogP contribution in [0.15, 0.2) is 41.0 Å². The molecule has 0 saturated carbocycles. The molecule has 0 radical (unpaired) electrons. The van der Waals surface area contributed by atoms with Crippen LogP contribution >= 0.6 is 0 Å². The predicted octanol–water partition coefficient (Wildman–Crippen LogP) is 3.41. The van der Waals surface area contributed by atoms with Crippen molar-refractivity contribution < 1.29 is 14.3 Å². The zero-order chi connectivity index (χ0) is 14.1. The van der Waals surface area contributed by atoms with Gasteiger partial charge in [0, 0.05) is 0 Å². The van der Waals surface area contributed by atoms with Gasteiger partial charge in [0.05, 0.1) is 22.9 Å². The zero-order valence-electron chi connectivity index (χ0n) is 10.8. The van der Waals surface area contributed by atoms with E-state index in [4.69, 9.17) is 9.52 Å². The highest BCUT2D eigenvalue weighted by Gasteiger charge is 2.08. The Balaban J connectivity index is 2.02. The smallest absolute Gasteiger partial charge is 0.335 e. The summed E-state index contributed by atoms with van der Waals surface area (Å²) in [5.41, 5.74) is 2.58. The van der Waals surface area contributed by atoms with Crippen molar-refractivity contribution >= 4 is 28.7 Å². The van der Waals surface area contributed by atoms with Gasteiger partial charge >= 0.3 is 5.97 Å². The number of imidazole rings is 1. The molecule has 2 aromatic heterocycles. The third-order valence-electron chi connectivity index (χ3n) is 3.00. The highest BCUT2D eigenvalue weighted by atomic mass is 16.4. The normalized spacial score (nSPS) is 11.9. The largest absolute Gasteiger partial charge is 0.478 e. The van der Waals surface area contributed by atoms with Crippen molar-refractivity contribution in [3.05, 3.63) is 53.7 Å². The third-order valence-corrected chi connectivity index (χ3v) is 3.00. The van der Waals surface area contributed by atoms with Crippen LogP contribution in [0.4, 0.5) is 0 Å². The third kappa shape index (κ3) is 2.21. The van der Waals surface area contributed by atoms with Crippen molar-refractivity contribution in [1.82, 2.24) is 9.97 Å². The van der Waals surface area contributed by atoms with E-state index < -0.39 is 5.97 Å². The summed E-state index contributed by atoms with van der Waals surface area (Å²) in [6, 6.07) is 8.49. The molecule has 0 bridgehead atoms. The Morgan fingerprint density at radius 2 is 2.25 bits per heavy atom. The van der Waals surface area contributed by atoms with Crippen LogP contribution in [0.3, 0.4) is 0 Å². The van der Waals surface area contributed by atoms with Crippen molar-refractivity contribution in [2.24, 2.45) is 0 Å². The summed E-state index contributed by atoms with van der Waals surface area (Å²) < 4.78 is 5.25. The Kier molecular flexibility index (Phi) is 2.87. The first-order valence-corrected chi connectivity index (χ1v) is 6.09. The number of hydrogen-bond donors (Lipinski definition) is 2. The van der Waals surface area contributed by atoms with E-state index in [-0.39, 0.29) is 5.56 Å². The molecule has 0 aliphatic rings. The van der Waals surface area contributed by atoms with Crippen molar-refractivity contribution in [1.29, 1.82) is 0 Å². The average Bonchev–Trinajstić information content (AvgIpc) is 3.05. The average molecular weight is 268 g/mol. The first-order chi connectivity index (χ1) is 9.63. The van der Waals surface area contributed by atoms with E-state index in [0.717, 1.165) is 16.9 Å². The highest BCUT2D eigenvalue weighted by molar-refractivity contribution is 5.93. The fraction of sp³-hybridized carbons (Fsp3) is 0.0667. The minimum absolute atomic E-state index is 0.236. The van der Waals surface area contributed by atoms with Crippen molar-refractivity contribution in [2.45, 2.75) is 6.92 Å². The number of nitrogens with one attached hydrogen (secondary N) is 1. The van der Waals surface area contributed by atoms with Crippen LogP contribution in [-0.4, -0.2) is 21.0 Å². The molecule has 1 aromatic carbocycles. The summed E-state index contributed by atoms with van der Waals surface area (Å²) in [7, 11) is 0. The van der Waals surface area contributed by atoms with Crippen LogP contribution in [0.25, 0.3) is 22.7 Å². The van der Waals surface area contributed by atoms with Gasteiger partial charge in [0.25, 0.3) is 0 Å². The summed E-state index contributed by atoms with van der Waals surface area (Å²) in [5, 5.41) is 8.97. The van der Waals surface area contributed by atoms with Crippen LogP contribution in [0.1, 0.15) is 28.9 Å². The molecule has 2 N–H and O–H groups in total. The summed E-state index contributed by atoms with van der Waals surface area (Å²) >= 11 is 0. The number of fused-ring (bicyclic) bond motifs is 1. The molecule has 0 aliphatic carbocycles. The lowest BCUT2D eigenvalue weighted by atomic mass is 10.2. The van der Waals surface area contributed by atoms with E-state index in [0.29, 0.717) is 11.3 Å². The lowest BCUT2D eigenvalue weighted by molar-refractivity contribution is 0.0697. The Bertz CT molecular complexity index is 798. The van der Waals surface area contributed by atoms with Gasteiger partial charge in [-0.15, -0.1) is 0 Å². The molecule has 20 heavy (non-hydrogen) atoms. The van der Waals surface area contributed by atoms with Gasteiger partial charge in [-0.2, -0.15) is 0 Å². The lowest BCUT2D eigenvalue weighted by Crippen LogP contribution is -1.94. The number of furan rings is 1. The molecule has 0 amide bonds. The van der Waals surface area contributed by atoms with Crippen LogP contribution in [-0.2, 0) is 0 Å². The van der Waals surface area contributed by atoms with Crippen LogP contribution < -0.4 is 0 Å². The maximum Gasteiger partial charge on any atom is 0.335 e. The van der Waals surface area contributed by atoms with Crippen molar-refractivity contribution in [2.75, 3.05) is 0 Å². The van der Waals surface area contributed by atoms with Crippen LogP contribution in [0, 0.1) is 0 Å². The molecular weight excluding hydrogens is 256 g/mol. The molecule has 2 heterocycles. The second kappa shape index (κ2) is 4.70. The lowest BCUT2D eigenvalue weighted by Gasteiger charge is -1.94. The van der Waals surface area contributed by atoms with E-state index in [1.165, 1.54) is 0 Å². The molecule has 0 saturated heterocycles. The number of nitrogens with zero attached hydrogens (tertiary/aromatic N) is 1. The standard InChI is InChI=1S/C15H12N2O3/c1-9(7-11-3-2-6-20-11)14-16-12-5-4-10(15(18)19)8-13(12)17-14/h2-8H,1H3,(H,16,17)(H,18,19)/b9-7+. The Labute approximate surface area is 114 Å². The minimum atomic E-state index is -0.953. The number of benzene rings is 1. The summed E-state index contributed by atoms with van der Waals surface area (Å²) in [5.74, 6) is 0.485. The second-order valence-electron chi connectivity index (χ2n) is 4.47. The number of aromatic carboxylic acids is 1. The Hall–Kier alpha value is -2.82. The molecular formula is C15H12N2O3. The van der Waals surface area contributed by atoms with Crippen molar-refractivity contribution in [3.8, 4) is 0 Å². The van der Waals surface area contributed by atoms with E-state index in [1.54, 1.807) is 24.5 Å². The van der Waals surface area contributed by atoms with E-state index in [2.05, 4.69) is 9.97 Å². The van der Waals surface area contributed by atoms with Gasteiger partial charge in [-0.3, -0.25) is 0 Å². The maximum atomic E-state index is 10.9. The number of rotatable bonds is 3. The van der Waals surface area contributed by atoms with Gasteiger partial charge in [0.2, 0.25) is 0 Å². The Morgan fingerprint density at radius 1 is 1.40 bits per heavy atom. The van der Waals surface area contributed by atoms with Gasteiger partial charge in [-0.25, -0.2) is 9.78 Å². The number of hydrogen-bond acceptors (Lipinski definition) is 3. The highest BCUT2D eigenvalue weighted by Crippen LogP contribution is 2.20. The molecule has 0 spiro atoms. The first kappa shape index (κ1) is 12.2. The molecule has 100 valence electrons. The monoisotopic (exact) mass is 268 g/mol. The summed E-state index contributed by atoms with van der Waals surface area (Å²) in [4.78, 5) is 18.5. The number of H-pyrrole nitrogens is 1. The van der Waals surface area contributed by atoms with Crippen molar-refractivity contribution in [3.63, 3.8) is 0 Å². The molecule has 3 aromatic rings.